The highest BCUT2D eigenvalue weighted by Crippen LogP contribution is 2.23. The number of ether oxygens (including phenoxy) is 1. The monoisotopic (exact) mass is 360 g/mol. The molecule has 1 aromatic carbocycles. The average Bonchev–Trinajstić information content (AvgIpc) is 2.45. The standard InChI is InChI=1S/C15H18Cl2N2O4/c1-15(22)7-19(8-15)14(21)18-12(13(20)23-2)5-9-3-4-10(16)6-11(9)17/h3-4,6,12,22H,5,7-8H2,1-2H3,(H,18,21)/t12-/m1/s1. The normalized spacial score (nSPS) is 17.2. The van der Waals surface area contributed by atoms with Crippen LogP contribution < -0.4 is 5.32 Å². The van der Waals surface area contributed by atoms with Gasteiger partial charge in [0.05, 0.1) is 25.8 Å². The Balaban J connectivity index is 2.05. The molecule has 23 heavy (non-hydrogen) atoms. The van der Waals surface area contributed by atoms with Gasteiger partial charge in [-0.1, -0.05) is 29.3 Å². The van der Waals surface area contributed by atoms with E-state index in [2.05, 4.69) is 5.32 Å². The predicted octanol–water partition coefficient (Wildman–Crippen LogP) is 1.85. The second kappa shape index (κ2) is 6.95. The molecule has 1 heterocycles. The van der Waals surface area contributed by atoms with Gasteiger partial charge in [-0.2, -0.15) is 0 Å². The van der Waals surface area contributed by atoms with Gasteiger partial charge in [0.2, 0.25) is 0 Å². The predicted molar refractivity (Wildman–Crippen MR) is 86.7 cm³/mol. The zero-order valence-electron chi connectivity index (χ0n) is 12.8. The molecule has 8 heteroatoms. The summed E-state index contributed by atoms with van der Waals surface area (Å²) in [5.74, 6) is -0.573. The number of amides is 2. The molecule has 6 nitrogen and oxygen atoms in total. The molecule has 0 aromatic heterocycles. The topological polar surface area (TPSA) is 78.9 Å². The quantitative estimate of drug-likeness (QED) is 0.803. The molecular weight excluding hydrogens is 343 g/mol. The van der Waals surface area contributed by atoms with Crippen LogP contribution in [0.25, 0.3) is 0 Å². The first-order chi connectivity index (χ1) is 10.7. The SMILES string of the molecule is COC(=O)[C@@H](Cc1ccc(Cl)cc1Cl)NC(=O)N1CC(C)(O)C1. The highest BCUT2D eigenvalue weighted by Gasteiger charge is 2.40. The van der Waals surface area contributed by atoms with Crippen LogP contribution in [0.2, 0.25) is 10.0 Å². The lowest BCUT2D eigenvalue weighted by atomic mass is 9.97. The van der Waals surface area contributed by atoms with Gasteiger partial charge >= 0.3 is 12.0 Å². The molecule has 1 fully saturated rings. The summed E-state index contributed by atoms with van der Waals surface area (Å²) in [6, 6.07) is 3.61. The van der Waals surface area contributed by atoms with Crippen LogP contribution in [0.4, 0.5) is 4.79 Å². The largest absolute Gasteiger partial charge is 0.467 e. The second-order valence-corrected chi connectivity index (χ2v) is 6.66. The Bertz CT molecular complexity index is 613. The second-order valence-electron chi connectivity index (χ2n) is 5.82. The maximum atomic E-state index is 12.1. The maximum Gasteiger partial charge on any atom is 0.328 e. The molecule has 0 spiro atoms. The smallest absolute Gasteiger partial charge is 0.328 e. The van der Waals surface area contributed by atoms with Gasteiger partial charge in [0.15, 0.2) is 0 Å². The minimum Gasteiger partial charge on any atom is -0.467 e. The van der Waals surface area contributed by atoms with Crippen molar-refractivity contribution in [2.24, 2.45) is 0 Å². The molecule has 2 N–H and O–H groups in total. The lowest BCUT2D eigenvalue weighted by Gasteiger charge is -2.44. The number of hydrogen-bond acceptors (Lipinski definition) is 4. The lowest BCUT2D eigenvalue weighted by molar-refractivity contribution is -0.143. The Morgan fingerprint density at radius 2 is 2.09 bits per heavy atom. The summed E-state index contributed by atoms with van der Waals surface area (Å²) in [5, 5.41) is 13.2. The molecule has 126 valence electrons. The van der Waals surface area contributed by atoms with Crippen LogP contribution in [0, 0.1) is 0 Å². The van der Waals surface area contributed by atoms with Gasteiger partial charge in [0, 0.05) is 16.5 Å². The molecule has 0 bridgehead atoms. The minimum atomic E-state index is -0.878. The van der Waals surface area contributed by atoms with Gasteiger partial charge in [0.1, 0.15) is 6.04 Å². The van der Waals surface area contributed by atoms with Crippen LogP contribution in [0.5, 0.6) is 0 Å². The highest BCUT2D eigenvalue weighted by molar-refractivity contribution is 6.35. The van der Waals surface area contributed by atoms with Crippen molar-refractivity contribution >= 4 is 35.2 Å². The Hall–Kier alpha value is -1.50. The Kier molecular flexibility index (Phi) is 5.39. The lowest BCUT2D eigenvalue weighted by Crippen LogP contribution is -2.65. The molecule has 2 rings (SSSR count). The zero-order valence-corrected chi connectivity index (χ0v) is 14.3. The number of hydrogen-bond donors (Lipinski definition) is 2. The van der Waals surface area contributed by atoms with Gasteiger partial charge in [-0.3, -0.25) is 0 Å². The van der Waals surface area contributed by atoms with Crippen molar-refractivity contribution in [3.8, 4) is 0 Å². The van der Waals surface area contributed by atoms with E-state index in [1.165, 1.54) is 12.0 Å². The maximum absolute atomic E-state index is 12.1. The number of aliphatic hydroxyl groups is 1. The Morgan fingerprint density at radius 3 is 2.61 bits per heavy atom. The number of rotatable bonds is 4. The van der Waals surface area contributed by atoms with Crippen molar-refractivity contribution in [3.05, 3.63) is 33.8 Å². The number of nitrogens with zero attached hydrogens (tertiary/aromatic N) is 1. The van der Waals surface area contributed by atoms with Crippen molar-refractivity contribution in [2.45, 2.75) is 25.0 Å². The van der Waals surface area contributed by atoms with Crippen LogP contribution in [0.3, 0.4) is 0 Å². The first-order valence-electron chi connectivity index (χ1n) is 7.01. The molecule has 1 aliphatic rings. The summed E-state index contributed by atoms with van der Waals surface area (Å²) in [6.07, 6.45) is 0.179. The number of carbonyl (C=O) groups is 2. The first kappa shape index (κ1) is 17.8. The third-order valence-electron chi connectivity index (χ3n) is 3.57. The Labute approximate surface area is 144 Å². The van der Waals surface area contributed by atoms with E-state index in [9.17, 15) is 14.7 Å². The zero-order chi connectivity index (χ0) is 17.2. The van der Waals surface area contributed by atoms with Gasteiger partial charge in [0.25, 0.3) is 0 Å². The summed E-state index contributed by atoms with van der Waals surface area (Å²) >= 11 is 11.9. The number of halogens is 2. The van der Waals surface area contributed by atoms with Gasteiger partial charge in [-0.05, 0) is 24.6 Å². The van der Waals surface area contributed by atoms with E-state index in [0.717, 1.165) is 0 Å². The van der Waals surface area contributed by atoms with E-state index in [-0.39, 0.29) is 19.5 Å². The van der Waals surface area contributed by atoms with Crippen molar-refractivity contribution in [2.75, 3.05) is 20.2 Å². The van der Waals surface area contributed by atoms with Gasteiger partial charge < -0.3 is 20.1 Å². The fourth-order valence-corrected chi connectivity index (χ4v) is 2.89. The molecule has 1 aliphatic heterocycles. The molecule has 1 aromatic rings. The number of β-amino-alcohol motifs (C(OH)–C–C–N with tert-alkyl or cyclic N) is 1. The van der Waals surface area contributed by atoms with Crippen molar-refractivity contribution in [1.82, 2.24) is 10.2 Å². The third kappa shape index (κ3) is 4.50. The van der Waals surface area contributed by atoms with Crippen molar-refractivity contribution in [1.29, 1.82) is 0 Å². The fraction of sp³-hybridized carbons (Fsp3) is 0.467. The van der Waals surface area contributed by atoms with Crippen LogP contribution in [0.1, 0.15) is 12.5 Å². The third-order valence-corrected chi connectivity index (χ3v) is 4.16. The number of likely N-dealkylation sites (tertiary alicyclic amines) is 1. The summed E-state index contributed by atoms with van der Waals surface area (Å²) in [7, 11) is 1.25. The summed E-state index contributed by atoms with van der Waals surface area (Å²) in [4.78, 5) is 25.4. The van der Waals surface area contributed by atoms with E-state index in [1.807, 2.05) is 0 Å². The number of carbonyl (C=O) groups excluding carboxylic acids is 2. The number of esters is 1. The first-order valence-corrected chi connectivity index (χ1v) is 7.77. The van der Waals surface area contributed by atoms with E-state index < -0.39 is 23.6 Å². The summed E-state index contributed by atoms with van der Waals surface area (Å²) < 4.78 is 4.73. The molecule has 0 saturated carbocycles. The molecule has 0 radical (unpaired) electrons. The minimum absolute atomic E-state index is 0.179. The van der Waals surface area contributed by atoms with E-state index in [0.29, 0.717) is 15.6 Å². The molecule has 1 atom stereocenters. The highest BCUT2D eigenvalue weighted by atomic mass is 35.5. The number of nitrogens with one attached hydrogen (secondary N) is 1. The molecule has 0 aliphatic carbocycles. The van der Waals surface area contributed by atoms with Crippen LogP contribution in [-0.4, -0.2) is 53.8 Å². The van der Waals surface area contributed by atoms with E-state index >= 15 is 0 Å². The fourth-order valence-electron chi connectivity index (χ4n) is 2.40. The number of methoxy groups -OCH3 is 1. The van der Waals surface area contributed by atoms with Crippen LogP contribution in [-0.2, 0) is 16.0 Å². The van der Waals surface area contributed by atoms with Crippen LogP contribution in [0.15, 0.2) is 18.2 Å². The van der Waals surface area contributed by atoms with Gasteiger partial charge in [-0.15, -0.1) is 0 Å². The van der Waals surface area contributed by atoms with Crippen molar-refractivity contribution in [3.63, 3.8) is 0 Å². The average molecular weight is 361 g/mol. The summed E-state index contributed by atoms with van der Waals surface area (Å²) in [6.45, 7) is 2.07. The number of urea groups is 1. The molecule has 0 unspecified atom stereocenters. The molecule has 1 saturated heterocycles. The molecule has 2 amide bonds. The molecular formula is C15H18Cl2N2O4. The van der Waals surface area contributed by atoms with Crippen molar-refractivity contribution < 1.29 is 19.4 Å². The number of benzene rings is 1. The summed E-state index contributed by atoms with van der Waals surface area (Å²) in [5.41, 5.74) is -0.209. The van der Waals surface area contributed by atoms with E-state index in [4.69, 9.17) is 27.9 Å². The van der Waals surface area contributed by atoms with Gasteiger partial charge in [-0.25, -0.2) is 9.59 Å². The van der Waals surface area contributed by atoms with Crippen LogP contribution >= 0.6 is 23.2 Å². The van der Waals surface area contributed by atoms with E-state index in [1.54, 1.807) is 25.1 Å². The Morgan fingerprint density at radius 1 is 1.43 bits per heavy atom.